The Kier molecular flexibility index (Phi) is 49.4. The zero-order chi connectivity index (χ0) is 43.5. The quantitative estimate of drug-likeness (QED) is 0.0347. The fourth-order valence-corrected chi connectivity index (χ4v) is 7.46. The van der Waals surface area contributed by atoms with Gasteiger partial charge < -0.3 is 14.2 Å². The SMILES string of the molecule is CC/C=C\C/C=C\C/C=C\CCCCCCCC(=O)OCC(COCCCCCCCCCC/C=C\CCCCCCCC)OC(=O)CCCCCCCCCCCCC. The molecule has 0 fully saturated rings. The van der Waals surface area contributed by atoms with Crippen molar-refractivity contribution in [2.45, 2.75) is 271 Å². The Morgan fingerprint density at radius 2 is 0.750 bits per heavy atom. The van der Waals surface area contributed by atoms with Gasteiger partial charge in [0.2, 0.25) is 0 Å². The second-order valence-electron chi connectivity index (χ2n) is 17.4. The normalized spacial score (nSPS) is 12.5. The van der Waals surface area contributed by atoms with Gasteiger partial charge in [-0.25, -0.2) is 0 Å². The van der Waals surface area contributed by atoms with Gasteiger partial charge in [0.15, 0.2) is 6.10 Å². The lowest BCUT2D eigenvalue weighted by Gasteiger charge is -2.18. The van der Waals surface area contributed by atoms with Gasteiger partial charge in [-0.05, 0) is 77.0 Å². The molecule has 0 aromatic rings. The lowest BCUT2D eigenvalue weighted by molar-refractivity contribution is -0.163. The van der Waals surface area contributed by atoms with Crippen molar-refractivity contribution in [2.75, 3.05) is 19.8 Å². The van der Waals surface area contributed by atoms with Crippen LogP contribution in [0.2, 0.25) is 0 Å². The average molecular weight is 841 g/mol. The molecule has 0 spiro atoms. The van der Waals surface area contributed by atoms with Crippen LogP contribution in [0.1, 0.15) is 265 Å². The molecule has 5 heteroatoms. The molecule has 0 saturated carbocycles. The summed E-state index contributed by atoms with van der Waals surface area (Å²) in [6.07, 6.45) is 62.6. The van der Waals surface area contributed by atoms with Crippen LogP contribution in [-0.2, 0) is 23.8 Å². The molecular formula is C55H100O5. The highest BCUT2D eigenvalue weighted by Crippen LogP contribution is 2.15. The van der Waals surface area contributed by atoms with Gasteiger partial charge in [-0.1, -0.05) is 223 Å². The summed E-state index contributed by atoms with van der Waals surface area (Å²) in [5.41, 5.74) is 0. The number of hydrogen-bond donors (Lipinski definition) is 0. The van der Waals surface area contributed by atoms with Crippen LogP contribution >= 0.6 is 0 Å². The van der Waals surface area contributed by atoms with Crippen LogP contribution < -0.4 is 0 Å². The van der Waals surface area contributed by atoms with E-state index >= 15 is 0 Å². The van der Waals surface area contributed by atoms with Crippen molar-refractivity contribution >= 4 is 11.9 Å². The Balaban J connectivity index is 4.23. The predicted molar refractivity (Wildman–Crippen MR) is 261 cm³/mol. The van der Waals surface area contributed by atoms with E-state index in [2.05, 4.69) is 69.4 Å². The molecule has 0 N–H and O–H groups in total. The third-order valence-corrected chi connectivity index (χ3v) is 11.3. The van der Waals surface area contributed by atoms with E-state index < -0.39 is 6.10 Å². The minimum Gasteiger partial charge on any atom is -0.462 e. The van der Waals surface area contributed by atoms with Crippen LogP contribution in [0.15, 0.2) is 48.6 Å². The highest BCUT2D eigenvalue weighted by Gasteiger charge is 2.17. The number of ether oxygens (including phenoxy) is 3. The number of unbranched alkanes of at least 4 members (excludes halogenated alkanes) is 29. The van der Waals surface area contributed by atoms with E-state index in [0.717, 1.165) is 70.6 Å². The van der Waals surface area contributed by atoms with Gasteiger partial charge in [0.05, 0.1) is 6.61 Å². The molecule has 0 rings (SSSR count). The summed E-state index contributed by atoms with van der Waals surface area (Å²) in [5.74, 6) is -0.409. The number of rotatable bonds is 48. The monoisotopic (exact) mass is 841 g/mol. The Morgan fingerprint density at radius 1 is 0.383 bits per heavy atom. The van der Waals surface area contributed by atoms with E-state index in [4.69, 9.17) is 14.2 Å². The lowest BCUT2D eigenvalue weighted by atomic mass is 10.1. The summed E-state index contributed by atoms with van der Waals surface area (Å²) in [6, 6.07) is 0. The first-order chi connectivity index (χ1) is 29.6. The van der Waals surface area contributed by atoms with Crippen LogP contribution in [0.3, 0.4) is 0 Å². The highest BCUT2D eigenvalue weighted by molar-refractivity contribution is 5.70. The van der Waals surface area contributed by atoms with Crippen LogP contribution in [0.5, 0.6) is 0 Å². The Bertz CT molecular complexity index is 997. The first-order valence-electron chi connectivity index (χ1n) is 26.2. The van der Waals surface area contributed by atoms with E-state index in [0.29, 0.717) is 19.4 Å². The molecule has 350 valence electrons. The Hall–Kier alpha value is -2.14. The predicted octanol–water partition coefficient (Wildman–Crippen LogP) is 17.6. The third-order valence-electron chi connectivity index (χ3n) is 11.3. The van der Waals surface area contributed by atoms with Gasteiger partial charge in [0.25, 0.3) is 0 Å². The molecule has 0 heterocycles. The summed E-state index contributed by atoms with van der Waals surface area (Å²) in [5, 5.41) is 0. The van der Waals surface area contributed by atoms with Gasteiger partial charge in [0, 0.05) is 19.4 Å². The molecule has 0 radical (unpaired) electrons. The van der Waals surface area contributed by atoms with Crippen molar-refractivity contribution in [1.29, 1.82) is 0 Å². The van der Waals surface area contributed by atoms with Crippen molar-refractivity contribution in [3.8, 4) is 0 Å². The van der Waals surface area contributed by atoms with E-state index in [1.165, 1.54) is 161 Å². The van der Waals surface area contributed by atoms with E-state index in [9.17, 15) is 9.59 Å². The van der Waals surface area contributed by atoms with Crippen LogP contribution in [0, 0.1) is 0 Å². The average Bonchev–Trinajstić information content (AvgIpc) is 3.25. The number of carbonyl (C=O) groups is 2. The minimum atomic E-state index is -0.541. The lowest BCUT2D eigenvalue weighted by Crippen LogP contribution is -2.30. The molecule has 0 aromatic carbocycles. The zero-order valence-electron chi connectivity index (χ0n) is 40.2. The first-order valence-corrected chi connectivity index (χ1v) is 26.2. The van der Waals surface area contributed by atoms with Crippen LogP contribution in [-0.4, -0.2) is 37.9 Å². The molecule has 0 aromatic heterocycles. The molecule has 0 saturated heterocycles. The van der Waals surface area contributed by atoms with Gasteiger partial charge in [0.1, 0.15) is 6.61 Å². The van der Waals surface area contributed by atoms with Gasteiger partial charge in [-0.2, -0.15) is 0 Å². The first kappa shape index (κ1) is 57.9. The van der Waals surface area contributed by atoms with E-state index in [1.807, 2.05) is 0 Å². The maximum Gasteiger partial charge on any atom is 0.306 e. The number of esters is 2. The largest absolute Gasteiger partial charge is 0.462 e. The maximum absolute atomic E-state index is 12.8. The summed E-state index contributed by atoms with van der Waals surface area (Å²) in [7, 11) is 0. The molecule has 1 unspecified atom stereocenters. The van der Waals surface area contributed by atoms with Gasteiger partial charge in [-0.15, -0.1) is 0 Å². The number of hydrogen-bond acceptors (Lipinski definition) is 5. The van der Waals surface area contributed by atoms with Crippen LogP contribution in [0.25, 0.3) is 0 Å². The summed E-state index contributed by atoms with van der Waals surface area (Å²) in [6.45, 7) is 7.71. The van der Waals surface area contributed by atoms with Crippen molar-refractivity contribution in [2.24, 2.45) is 0 Å². The highest BCUT2D eigenvalue weighted by atomic mass is 16.6. The number of allylic oxidation sites excluding steroid dienone is 8. The molecule has 5 nitrogen and oxygen atoms in total. The second kappa shape index (κ2) is 51.2. The summed E-state index contributed by atoms with van der Waals surface area (Å²) < 4.78 is 17.4. The maximum atomic E-state index is 12.8. The van der Waals surface area contributed by atoms with Crippen molar-refractivity contribution in [3.05, 3.63) is 48.6 Å². The fourth-order valence-electron chi connectivity index (χ4n) is 7.46. The molecule has 0 aliphatic carbocycles. The molecular weight excluding hydrogens is 741 g/mol. The van der Waals surface area contributed by atoms with Gasteiger partial charge >= 0.3 is 11.9 Å². The number of carbonyl (C=O) groups excluding carboxylic acids is 2. The molecule has 0 aliphatic heterocycles. The Labute approximate surface area is 373 Å². The fraction of sp³-hybridized carbons (Fsp3) is 0.818. The van der Waals surface area contributed by atoms with Gasteiger partial charge in [-0.3, -0.25) is 9.59 Å². The van der Waals surface area contributed by atoms with Crippen LogP contribution in [0.4, 0.5) is 0 Å². The minimum absolute atomic E-state index is 0.0781. The van der Waals surface area contributed by atoms with E-state index in [-0.39, 0.29) is 25.2 Å². The van der Waals surface area contributed by atoms with E-state index in [1.54, 1.807) is 0 Å². The molecule has 0 aliphatic rings. The van der Waals surface area contributed by atoms with Crippen molar-refractivity contribution in [1.82, 2.24) is 0 Å². The molecule has 0 bridgehead atoms. The zero-order valence-corrected chi connectivity index (χ0v) is 40.2. The second-order valence-corrected chi connectivity index (χ2v) is 17.4. The summed E-state index contributed by atoms with van der Waals surface area (Å²) >= 11 is 0. The smallest absolute Gasteiger partial charge is 0.306 e. The van der Waals surface area contributed by atoms with Crippen molar-refractivity contribution in [3.63, 3.8) is 0 Å². The standard InChI is InChI=1S/C55H100O5/c1-4-7-10-13-16-19-22-24-26-27-28-30-32-35-38-41-44-47-50-58-51-53(60-55(57)49-46-43-40-37-33-21-18-15-12-9-6-3)52-59-54(56)48-45-42-39-36-34-31-29-25-23-20-17-14-11-8-5-2/h8,11,17,20,24-26,29,53H,4-7,9-10,12-16,18-19,21-23,27-28,30-52H2,1-3H3/b11-8-,20-17-,26-24-,29-25-. The molecule has 0 amide bonds. The molecule has 1 atom stereocenters. The summed E-state index contributed by atoms with van der Waals surface area (Å²) in [4.78, 5) is 25.4. The Morgan fingerprint density at radius 3 is 1.22 bits per heavy atom. The third kappa shape index (κ3) is 48.5. The molecule has 60 heavy (non-hydrogen) atoms. The topological polar surface area (TPSA) is 61.8 Å². The van der Waals surface area contributed by atoms with Crippen molar-refractivity contribution < 1.29 is 23.8 Å².